The first-order chi connectivity index (χ1) is 19.9. The lowest BCUT2D eigenvalue weighted by molar-refractivity contribution is -0.0391. The molecule has 0 spiro atoms. The molecule has 0 radical (unpaired) electrons. The van der Waals surface area contributed by atoms with Gasteiger partial charge in [-0.25, -0.2) is 0 Å². The largest absolute Gasteiger partial charge is 0.504 e. The van der Waals surface area contributed by atoms with Gasteiger partial charge in [-0.1, -0.05) is 36.4 Å². The van der Waals surface area contributed by atoms with Crippen molar-refractivity contribution in [3.05, 3.63) is 77.9 Å². The van der Waals surface area contributed by atoms with Crippen LogP contribution in [0.1, 0.15) is 11.1 Å². The van der Waals surface area contributed by atoms with Gasteiger partial charge in [0.15, 0.2) is 23.0 Å². The number of aromatic hydroxyl groups is 2. The lowest BCUT2D eigenvalue weighted by atomic mass is 9.94. The topological polar surface area (TPSA) is 105 Å². The first-order valence-electron chi connectivity index (χ1n) is 12.8. The van der Waals surface area contributed by atoms with Gasteiger partial charge in [-0.2, -0.15) is 0 Å². The van der Waals surface area contributed by atoms with Crippen molar-refractivity contribution in [3.63, 3.8) is 0 Å². The Bertz CT molecular complexity index is 1440. The molecule has 4 aromatic carbocycles. The third-order valence-electron chi connectivity index (χ3n) is 6.43. The first kappa shape index (κ1) is 29.4. The second-order valence-corrected chi connectivity index (χ2v) is 8.97. The summed E-state index contributed by atoms with van der Waals surface area (Å²) in [4.78, 5) is 0. The van der Waals surface area contributed by atoms with Gasteiger partial charge in [0.1, 0.15) is 30.6 Å². The Hall–Kier alpha value is -4.60. The Morgan fingerprint density at radius 3 is 1.85 bits per heavy atom. The maximum absolute atomic E-state index is 11.5. The Morgan fingerprint density at radius 2 is 1.27 bits per heavy atom. The van der Waals surface area contributed by atoms with Crippen LogP contribution >= 0.6 is 0 Å². The van der Waals surface area contributed by atoms with E-state index in [0.29, 0.717) is 51.9 Å². The van der Waals surface area contributed by atoms with E-state index >= 15 is 0 Å². The zero-order chi connectivity index (χ0) is 29.4. The van der Waals surface area contributed by atoms with Crippen molar-refractivity contribution < 1.29 is 43.4 Å². The summed E-state index contributed by atoms with van der Waals surface area (Å²) >= 11 is 0. The van der Waals surface area contributed by atoms with E-state index in [1.165, 1.54) is 20.3 Å². The molecule has 2 N–H and O–H groups in total. The van der Waals surface area contributed by atoms with Crippen molar-refractivity contribution in [1.29, 1.82) is 0 Å². The van der Waals surface area contributed by atoms with E-state index in [2.05, 4.69) is 0 Å². The van der Waals surface area contributed by atoms with Crippen LogP contribution in [0, 0.1) is 0 Å². The lowest BCUT2D eigenvalue weighted by Crippen LogP contribution is -2.02. The van der Waals surface area contributed by atoms with Crippen LogP contribution in [0.15, 0.2) is 66.7 Å². The minimum absolute atomic E-state index is 0.0856. The smallest absolute Gasteiger partial charge is 0.170 e. The minimum Gasteiger partial charge on any atom is -0.504 e. The highest BCUT2D eigenvalue weighted by molar-refractivity contribution is 5.91. The summed E-state index contributed by atoms with van der Waals surface area (Å²) in [5.41, 5.74) is 3.64. The molecule has 0 aliphatic carbocycles. The summed E-state index contributed by atoms with van der Waals surface area (Å²) in [6.07, 6.45) is 0. The summed E-state index contributed by atoms with van der Waals surface area (Å²) in [7, 11) is 7.59. The number of ether oxygens (including phenoxy) is 7. The van der Waals surface area contributed by atoms with E-state index in [4.69, 9.17) is 33.2 Å². The van der Waals surface area contributed by atoms with Crippen LogP contribution in [0.25, 0.3) is 22.3 Å². The quantitative estimate of drug-likeness (QED) is 0.146. The van der Waals surface area contributed by atoms with Crippen LogP contribution in [-0.4, -0.2) is 52.6 Å². The van der Waals surface area contributed by atoms with Crippen LogP contribution in [0.4, 0.5) is 0 Å². The first-order valence-corrected chi connectivity index (χ1v) is 12.8. The van der Waals surface area contributed by atoms with Crippen molar-refractivity contribution in [2.45, 2.75) is 13.2 Å². The minimum atomic E-state index is -0.184. The second-order valence-electron chi connectivity index (χ2n) is 8.97. The number of benzene rings is 4. The van der Waals surface area contributed by atoms with Crippen LogP contribution < -0.4 is 23.7 Å². The van der Waals surface area contributed by atoms with Crippen LogP contribution in [-0.2, 0) is 22.7 Å². The van der Waals surface area contributed by atoms with Gasteiger partial charge in [0, 0.05) is 12.7 Å². The van der Waals surface area contributed by atoms with Crippen molar-refractivity contribution in [3.8, 4) is 62.5 Å². The molecule has 0 saturated heterocycles. The predicted octanol–water partition coefficient (Wildman–Crippen LogP) is 6.17. The number of hydrogen-bond acceptors (Lipinski definition) is 9. The molecule has 41 heavy (non-hydrogen) atoms. The van der Waals surface area contributed by atoms with Crippen LogP contribution in [0.5, 0.6) is 40.2 Å². The number of hydrogen-bond donors (Lipinski definition) is 2. The van der Waals surface area contributed by atoms with E-state index in [0.717, 1.165) is 11.1 Å². The van der Waals surface area contributed by atoms with Gasteiger partial charge >= 0.3 is 0 Å². The van der Waals surface area contributed by atoms with Gasteiger partial charge in [-0.3, -0.25) is 0 Å². The molecule has 4 rings (SSSR count). The highest BCUT2D eigenvalue weighted by Crippen LogP contribution is 2.53. The molecule has 4 aromatic rings. The average Bonchev–Trinajstić information content (AvgIpc) is 3.00. The molecule has 0 saturated carbocycles. The van der Waals surface area contributed by atoms with Gasteiger partial charge in [0.25, 0.3) is 0 Å². The fourth-order valence-electron chi connectivity index (χ4n) is 4.55. The maximum atomic E-state index is 11.5. The third kappa shape index (κ3) is 6.42. The van der Waals surface area contributed by atoms with Crippen molar-refractivity contribution in [2.24, 2.45) is 0 Å². The second kappa shape index (κ2) is 13.6. The molecule has 0 aliphatic rings. The fraction of sp³-hybridized carbons (Fsp3) is 0.250. The Morgan fingerprint density at radius 1 is 0.610 bits per heavy atom. The average molecular weight is 563 g/mol. The molecule has 0 atom stereocenters. The molecule has 0 aromatic heterocycles. The van der Waals surface area contributed by atoms with Gasteiger partial charge in [0.2, 0.25) is 0 Å². The van der Waals surface area contributed by atoms with E-state index in [1.807, 2.05) is 42.5 Å². The highest BCUT2D eigenvalue weighted by Gasteiger charge is 2.26. The maximum Gasteiger partial charge on any atom is 0.170 e. The van der Waals surface area contributed by atoms with Gasteiger partial charge in [-0.05, 0) is 47.0 Å². The van der Waals surface area contributed by atoms with E-state index < -0.39 is 0 Å². The molecule has 0 heterocycles. The van der Waals surface area contributed by atoms with Crippen LogP contribution in [0.3, 0.4) is 0 Å². The molecule has 0 amide bonds. The molecule has 0 unspecified atom stereocenters. The lowest BCUT2D eigenvalue weighted by Gasteiger charge is -2.21. The summed E-state index contributed by atoms with van der Waals surface area (Å²) in [6.45, 7) is 0.717. The molecule has 9 nitrogen and oxygen atoms in total. The number of phenolic OH excluding ortho intramolecular Hbond substituents is 2. The molecule has 0 bridgehead atoms. The van der Waals surface area contributed by atoms with E-state index in [1.54, 1.807) is 39.5 Å². The predicted molar refractivity (Wildman–Crippen MR) is 154 cm³/mol. The molecule has 0 fully saturated rings. The van der Waals surface area contributed by atoms with Gasteiger partial charge in [0.05, 0.1) is 46.2 Å². The summed E-state index contributed by atoms with van der Waals surface area (Å²) in [5.74, 6) is 1.50. The Kier molecular flexibility index (Phi) is 9.78. The van der Waals surface area contributed by atoms with E-state index in [-0.39, 0.29) is 30.6 Å². The van der Waals surface area contributed by atoms with Gasteiger partial charge < -0.3 is 43.4 Å². The SMILES string of the molecule is COCOCc1cc(OC)c(-c2cc(OC)c(-c3ccc(OCc4ccccc4)c(O)c3)c(O)c2OC)c(OC)c1. The van der Waals surface area contributed by atoms with Crippen molar-refractivity contribution in [2.75, 3.05) is 42.3 Å². The number of methoxy groups -OCH3 is 5. The molecule has 216 valence electrons. The zero-order valence-electron chi connectivity index (χ0n) is 23.7. The number of rotatable bonds is 13. The standard InChI is InChI=1S/C32H34O9/c1-35-19-40-17-21-13-26(36-2)30(27(14-21)37-3)23-16-28(38-4)29(31(34)32(23)39-5)22-11-12-25(24(33)15-22)41-18-20-9-7-6-8-10-20/h6-16,33-34H,17-19H2,1-5H3. The van der Waals surface area contributed by atoms with Crippen molar-refractivity contribution in [1.82, 2.24) is 0 Å². The third-order valence-corrected chi connectivity index (χ3v) is 6.43. The monoisotopic (exact) mass is 562 g/mol. The molecule has 9 heteroatoms. The zero-order valence-corrected chi connectivity index (χ0v) is 23.7. The van der Waals surface area contributed by atoms with Crippen molar-refractivity contribution >= 4 is 0 Å². The van der Waals surface area contributed by atoms with Crippen LogP contribution in [0.2, 0.25) is 0 Å². The molecular weight excluding hydrogens is 528 g/mol. The summed E-state index contributed by atoms with van der Waals surface area (Å²) < 4.78 is 39.1. The summed E-state index contributed by atoms with van der Waals surface area (Å²) in [6, 6.07) is 19.9. The normalized spacial score (nSPS) is 10.8. The van der Waals surface area contributed by atoms with E-state index in [9.17, 15) is 10.2 Å². The molecular formula is C32H34O9. The summed E-state index contributed by atoms with van der Waals surface area (Å²) in [5, 5.41) is 22.3. The highest BCUT2D eigenvalue weighted by atomic mass is 16.7. The van der Waals surface area contributed by atoms with Gasteiger partial charge in [-0.15, -0.1) is 0 Å². The fourth-order valence-corrected chi connectivity index (χ4v) is 4.55. The number of phenols is 2. The Balaban J connectivity index is 1.77. The Labute approximate surface area is 239 Å². The molecule has 0 aliphatic heterocycles.